The second-order valence-corrected chi connectivity index (χ2v) is 5.13. The number of hydrogen-bond donors (Lipinski definition) is 1. The van der Waals surface area contributed by atoms with Gasteiger partial charge in [0.1, 0.15) is 0 Å². The average Bonchev–Trinajstić information content (AvgIpc) is 3.29. The highest BCUT2D eigenvalue weighted by molar-refractivity contribution is 5.54. The van der Waals surface area contributed by atoms with Crippen molar-refractivity contribution in [3.8, 4) is 5.75 Å². The van der Waals surface area contributed by atoms with Gasteiger partial charge in [-0.05, 0) is 42.7 Å². The molecule has 0 aliphatic heterocycles. The van der Waals surface area contributed by atoms with Crippen LogP contribution in [0.4, 0.5) is 11.5 Å². The Morgan fingerprint density at radius 1 is 1.30 bits per heavy atom. The average molecular weight is 269 g/mol. The predicted octanol–water partition coefficient (Wildman–Crippen LogP) is 2.84. The van der Waals surface area contributed by atoms with E-state index in [9.17, 15) is 0 Å². The number of nitrogen functional groups attached to an aromatic ring is 1. The Kier molecular flexibility index (Phi) is 3.46. The van der Waals surface area contributed by atoms with Crippen molar-refractivity contribution in [3.63, 3.8) is 0 Å². The molecule has 20 heavy (non-hydrogen) atoms. The third-order valence-electron chi connectivity index (χ3n) is 3.53. The number of nitrogens with zero attached hydrogens (tertiary/aromatic N) is 2. The number of pyridine rings is 1. The Labute approximate surface area is 119 Å². The summed E-state index contributed by atoms with van der Waals surface area (Å²) in [4.78, 5) is 6.81. The predicted molar refractivity (Wildman–Crippen MR) is 80.8 cm³/mol. The molecule has 3 rings (SSSR count). The lowest BCUT2D eigenvalue weighted by Crippen LogP contribution is -2.26. The number of nitrogens with two attached hydrogens (primary N) is 1. The first-order valence-corrected chi connectivity index (χ1v) is 6.88. The first kappa shape index (κ1) is 12.8. The fraction of sp³-hybridized carbons (Fsp3) is 0.312. The van der Waals surface area contributed by atoms with E-state index in [-0.39, 0.29) is 0 Å². The molecule has 104 valence electrons. The van der Waals surface area contributed by atoms with Gasteiger partial charge in [-0.1, -0.05) is 12.1 Å². The van der Waals surface area contributed by atoms with Crippen molar-refractivity contribution in [1.82, 2.24) is 4.98 Å². The molecule has 0 radical (unpaired) electrons. The summed E-state index contributed by atoms with van der Waals surface area (Å²) >= 11 is 0. The summed E-state index contributed by atoms with van der Waals surface area (Å²) in [5, 5.41) is 0. The molecule has 1 fully saturated rings. The molecule has 2 aromatic rings. The fourth-order valence-corrected chi connectivity index (χ4v) is 2.41. The molecular weight excluding hydrogens is 250 g/mol. The lowest BCUT2D eigenvalue weighted by Gasteiger charge is -2.25. The van der Waals surface area contributed by atoms with Gasteiger partial charge in [0.05, 0.1) is 7.11 Å². The van der Waals surface area contributed by atoms with E-state index >= 15 is 0 Å². The summed E-state index contributed by atoms with van der Waals surface area (Å²) in [7, 11) is 1.69. The summed E-state index contributed by atoms with van der Waals surface area (Å²) in [5.74, 6) is 1.74. The van der Waals surface area contributed by atoms with Gasteiger partial charge in [0.2, 0.25) is 0 Å². The highest BCUT2D eigenvalue weighted by Crippen LogP contribution is 2.36. The van der Waals surface area contributed by atoms with Crippen LogP contribution in [0.15, 0.2) is 42.6 Å². The number of aromatic nitrogens is 1. The van der Waals surface area contributed by atoms with Gasteiger partial charge in [0.15, 0.2) is 11.6 Å². The zero-order valence-corrected chi connectivity index (χ0v) is 11.6. The SMILES string of the molecule is COc1cccnc1N(Cc1cccc(N)c1)C1CC1. The molecule has 1 saturated carbocycles. The molecule has 0 amide bonds. The van der Waals surface area contributed by atoms with Crippen molar-refractivity contribution in [2.75, 3.05) is 17.7 Å². The zero-order chi connectivity index (χ0) is 13.9. The van der Waals surface area contributed by atoms with Crippen LogP contribution in [-0.4, -0.2) is 18.1 Å². The molecule has 1 aliphatic carbocycles. The van der Waals surface area contributed by atoms with E-state index in [4.69, 9.17) is 10.5 Å². The van der Waals surface area contributed by atoms with Crippen molar-refractivity contribution >= 4 is 11.5 Å². The number of hydrogen-bond acceptors (Lipinski definition) is 4. The molecule has 2 N–H and O–H groups in total. The van der Waals surface area contributed by atoms with E-state index in [0.717, 1.165) is 23.8 Å². The topological polar surface area (TPSA) is 51.4 Å². The molecule has 0 atom stereocenters. The summed E-state index contributed by atoms with van der Waals surface area (Å²) in [6.45, 7) is 0.809. The number of ether oxygens (including phenoxy) is 1. The van der Waals surface area contributed by atoms with Crippen molar-refractivity contribution in [2.24, 2.45) is 0 Å². The van der Waals surface area contributed by atoms with Gasteiger partial charge in [-0.3, -0.25) is 0 Å². The maximum atomic E-state index is 5.86. The maximum Gasteiger partial charge on any atom is 0.171 e. The van der Waals surface area contributed by atoms with Gasteiger partial charge in [0, 0.05) is 24.5 Å². The number of benzene rings is 1. The highest BCUT2D eigenvalue weighted by atomic mass is 16.5. The molecule has 1 aliphatic rings. The third-order valence-corrected chi connectivity index (χ3v) is 3.53. The second-order valence-electron chi connectivity index (χ2n) is 5.13. The Morgan fingerprint density at radius 3 is 2.85 bits per heavy atom. The first-order chi connectivity index (χ1) is 9.78. The van der Waals surface area contributed by atoms with Gasteiger partial charge in [-0.25, -0.2) is 4.98 Å². The van der Waals surface area contributed by atoms with Crippen molar-refractivity contribution in [3.05, 3.63) is 48.2 Å². The summed E-state index contributed by atoms with van der Waals surface area (Å²) in [5.41, 5.74) is 7.86. The normalized spacial score (nSPS) is 14.1. The van der Waals surface area contributed by atoms with Crippen LogP contribution in [0.2, 0.25) is 0 Å². The lowest BCUT2D eigenvalue weighted by atomic mass is 10.2. The van der Waals surface area contributed by atoms with E-state index < -0.39 is 0 Å². The smallest absolute Gasteiger partial charge is 0.171 e. The monoisotopic (exact) mass is 269 g/mol. The van der Waals surface area contributed by atoms with Gasteiger partial charge >= 0.3 is 0 Å². The molecule has 4 nitrogen and oxygen atoms in total. The van der Waals surface area contributed by atoms with Crippen LogP contribution in [-0.2, 0) is 6.54 Å². The minimum Gasteiger partial charge on any atom is -0.493 e. The van der Waals surface area contributed by atoms with E-state index in [2.05, 4.69) is 16.0 Å². The van der Waals surface area contributed by atoms with Crippen molar-refractivity contribution < 1.29 is 4.74 Å². The Bertz CT molecular complexity index is 596. The molecule has 0 unspecified atom stereocenters. The second kappa shape index (κ2) is 5.41. The molecular formula is C16H19N3O. The van der Waals surface area contributed by atoms with E-state index in [1.807, 2.05) is 36.5 Å². The fourth-order valence-electron chi connectivity index (χ4n) is 2.41. The summed E-state index contributed by atoms with van der Waals surface area (Å²) in [6.07, 6.45) is 4.23. The van der Waals surface area contributed by atoms with Crippen LogP contribution >= 0.6 is 0 Å². The van der Waals surface area contributed by atoms with Gasteiger partial charge in [-0.15, -0.1) is 0 Å². The molecule has 0 bridgehead atoms. The number of methoxy groups -OCH3 is 1. The number of anilines is 2. The highest BCUT2D eigenvalue weighted by Gasteiger charge is 2.31. The summed E-state index contributed by atoms with van der Waals surface area (Å²) < 4.78 is 5.44. The van der Waals surface area contributed by atoms with Crippen LogP contribution in [0.3, 0.4) is 0 Å². The summed E-state index contributed by atoms with van der Waals surface area (Å²) in [6, 6.07) is 12.4. The van der Waals surface area contributed by atoms with Crippen molar-refractivity contribution in [1.29, 1.82) is 0 Å². The van der Waals surface area contributed by atoms with Crippen molar-refractivity contribution in [2.45, 2.75) is 25.4 Å². The first-order valence-electron chi connectivity index (χ1n) is 6.88. The molecule has 1 heterocycles. The molecule has 0 spiro atoms. The molecule has 0 saturated heterocycles. The lowest BCUT2D eigenvalue weighted by molar-refractivity contribution is 0.412. The van der Waals surface area contributed by atoms with Crippen LogP contribution < -0.4 is 15.4 Å². The zero-order valence-electron chi connectivity index (χ0n) is 11.6. The quantitative estimate of drug-likeness (QED) is 0.848. The van der Waals surface area contributed by atoms with E-state index in [1.165, 1.54) is 18.4 Å². The standard InChI is InChI=1S/C16H19N3O/c1-20-15-6-3-9-18-16(15)19(14-7-8-14)11-12-4-2-5-13(17)10-12/h2-6,9-10,14H,7-8,11,17H2,1H3. The van der Waals surface area contributed by atoms with Crippen LogP contribution in [0.1, 0.15) is 18.4 Å². The minimum absolute atomic E-state index is 0.556. The van der Waals surface area contributed by atoms with Gasteiger partial charge in [0.25, 0.3) is 0 Å². The van der Waals surface area contributed by atoms with Gasteiger partial charge in [-0.2, -0.15) is 0 Å². The Morgan fingerprint density at radius 2 is 2.15 bits per heavy atom. The Balaban J connectivity index is 1.89. The van der Waals surface area contributed by atoms with Crippen LogP contribution in [0, 0.1) is 0 Å². The van der Waals surface area contributed by atoms with Crippen LogP contribution in [0.5, 0.6) is 5.75 Å². The molecule has 1 aromatic heterocycles. The number of rotatable bonds is 5. The van der Waals surface area contributed by atoms with Crippen LogP contribution in [0.25, 0.3) is 0 Å². The molecule has 1 aromatic carbocycles. The van der Waals surface area contributed by atoms with E-state index in [0.29, 0.717) is 6.04 Å². The van der Waals surface area contributed by atoms with E-state index in [1.54, 1.807) is 7.11 Å². The third kappa shape index (κ3) is 2.69. The Hall–Kier alpha value is -2.23. The molecule has 4 heteroatoms. The van der Waals surface area contributed by atoms with Gasteiger partial charge < -0.3 is 15.4 Å². The maximum absolute atomic E-state index is 5.86. The largest absolute Gasteiger partial charge is 0.493 e. The minimum atomic E-state index is 0.556.